The van der Waals surface area contributed by atoms with Gasteiger partial charge in [0.05, 0.1) is 23.6 Å². The second-order valence-corrected chi connectivity index (χ2v) is 12.5. The largest absolute Gasteiger partial charge is 0.454 e. The molecule has 0 bridgehead atoms. The summed E-state index contributed by atoms with van der Waals surface area (Å²) >= 11 is 0. The van der Waals surface area contributed by atoms with Crippen LogP contribution in [-0.2, 0) is 11.8 Å². The Balaban J connectivity index is 1.28. The molecule has 53 heavy (non-hydrogen) atoms. The molecule has 274 valence electrons. The molecule has 1 atom stereocenters. The van der Waals surface area contributed by atoms with Crippen LogP contribution in [-0.4, -0.2) is 54.5 Å². The number of benzene rings is 3. The molecule has 0 saturated heterocycles. The van der Waals surface area contributed by atoms with E-state index in [-0.39, 0.29) is 22.9 Å². The monoisotopic (exact) mass is 736 g/mol. The maximum absolute atomic E-state index is 15.6. The molecule has 17 heteroatoms. The third-order valence-corrected chi connectivity index (χ3v) is 7.54. The van der Waals surface area contributed by atoms with Crippen molar-refractivity contribution in [1.29, 1.82) is 0 Å². The summed E-state index contributed by atoms with van der Waals surface area (Å²) in [6.45, 7) is 5.14. The lowest BCUT2D eigenvalue weighted by Crippen LogP contribution is -2.31. The Labute approximate surface area is 296 Å². The van der Waals surface area contributed by atoms with Crippen molar-refractivity contribution in [3.63, 3.8) is 0 Å². The molecule has 1 unspecified atom stereocenters. The summed E-state index contributed by atoms with van der Waals surface area (Å²) in [5.74, 6) is -3.41. The van der Waals surface area contributed by atoms with Crippen LogP contribution in [0, 0.1) is 11.6 Å². The van der Waals surface area contributed by atoms with Crippen molar-refractivity contribution in [2.75, 3.05) is 5.32 Å². The molecule has 0 aliphatic rings. The van der Waals surface area contributed by atoms with Crippen LogP contribution in [0.5, 0.6) is 17.4 Å². The van der Waals surface area contributed by atoms with Crippen LogP contribution in [0.25, 0.3) is 27.7 Å². The highest BCUT2D eigenvalue weighted by Crippen LogP contribution is 2.38. The van der Waals surface area contributed by atoms with Gasteiger partial charge in [0.2, 0.25) is 5.88 Å². The zero-order valence-electron chi connectivity index (χ0n) is 28.3. The highest BCUT2D eigenvalue weighted by Gasteiger charge is 2.25. The minimum atomic E-state index is -3.55. The number of nitrogens with zero attached hydrogens (tertiary/aromatic N) is 5. The van der Waals surface area contributed by atoms with E-state index in [0.717, 1.165) is 47.1 Å². The molecule has 0 saturated carbocycles. The first-order valence-corrected chi connectivity index (χ1v) is 15.7. The summed E-state index contributed by atoms with van der Waals surface area (Å²) < 4.78 is 88.0. The Morgan fingerprint density at radius 3 is 2.30 bits per heavy atom. The van der Waals surface area contributed by atoms with Crippen molar-refractivity contribution in [2.24, 2.45) is 7.05 Å². The van der Waals surface area contributed by atoms with E-state index in [1.807, 2.05) is 0 Å². The quantitative estimate of drug-likeness (QED) is 0.150. The number of aromatic nitrogens is 5. The van der Waals surface area contributed by atoms with E-state index in [2.05, 4.69) is 20.3 Å². The summed E-state index contributed by atoms with van der Waals surface area (Å²) in [5, 5.41) is 11.4. The molecule has 1 amide bonds. The number of nitrogens with one attached hydrogen (secondary N) is 1. The van der Waals surface area contributed by atoms with E-state index < -0.39 is 59.0 Å². The number of aryl methyl sites for hydroxylation is 1. The maximum Gasteiger partial charge on any atom is 0.435 e. The fourth-order valence-electron chi connectivity index (χ4n) is 5.12. The predicted molar refractivity (Wildman–Crippen MR) is 182 cm³/mol. The third kappa shape index (κ3) is 7.88. The number of anilines is 1. The van der Waals surface area contributed by atoms with Gasteiger partial charge in [-0.15, -0.1) is 0 Å². The minimum Gasteiger partial charge on any atom is -0.454 e. The van der Waals surface area contributed by atoms with E-state index in [4.69, 9.17) is 9.47 Å². The molecule has 0 spiro atoms. The van der Waals surface area contributed by atoms with Crippen molar-refractivity contribution in [3.8, 4) is 34.2 Å². The molecular weight excluding hydrogens is 707 g/mol. The van der Waals surface area contributed by atoms with E-state index >= 15 is 4.39 Å². The van der Waals surface area contributed by atoms with Crippen LogP contribution in [0.1, 0.15) is 31.1 Å². The number of hydrogen-bond donors (Lipinski definition) is 1. The van der Waals surface area contributed by atoms with E-state index in [0.29, 0.717) is 26.6 Å². The van der Waals surface area contributed by atoms with Crippen molar-refractivity contribution in [1.82, 2.24) is 24.1 Å². The molecule has 12 nitrogen and oxygen atoms in total. The number of hydrogen-bond acceptors (Lipinski definition) is 8. The summed E-state index contributed by atoms with van der Waals surface area (Å²) in [4.78, 5) is 39.3. The smallest absolute Gasteiger partial charge is 0.435 e. The molecule has 0 aliphatic carbocycles. The number of alkyl halides is 3. The Morgan fingerprint density at radius 2 is 1.62 bits per heavy atom. The van der Waals surface area contributed by atoms with E-state index in [1.165, 1.54) is 24.5 Å². The summed E-state index contributed by atoms with van der Waals surface area (Å²) in [6.07, 6.45) is -2.93. The molecule has 1 N–H and O–H groups in total. The Kier molecular flexibility index (Phi) is 9.75. The van der Waals surface area contributed by atoms with Gasteiger partial charge < -0.3 is 19.5 Å². The molecule has 3 heterocycles. The average molecular weight is 737 g/mol. The molecule has 0 radical (unpaired) electrons. The second-order valence-electron chi connectivity index (χ2n) is 12.5. The van der Waals surface area contributed by atoms with Gasteiger partial charge in [0.25, 0.3) is 17.8 Å². The topological polar surface area (TPSA) is 131 Å². The number of amides is 1. The van der Waals surface area contributed by atoms with Crippen molar-refractivity contribution in [2.45, 2.75) is 39.2 Å². The van der Waals surface area contributed by atoms with Crippen LogP contribution < -0.4 is 20.3 Å². The van der Waals surface area contributed by atoms with Gasteiger partial charge in [0, 0.05) is 47.6 Å². The van der Waals surface area contributed by atoms with Gasteiger partial charge in [0.1, 0.15) is 22.7 Å². The SMILES string of the molecule is Cn1ncc2cc(Oc3ccc(NC(=O)c4ccc(OC(F)C(F)F)n(-c5ccc(F)cc5)c4=O)cc3F)c(-c3cnn(C(=O)OC(C)(C)C)c3)cc21. The van der Waals surface area contributed by atoms with Crippen molar-refractivity contribution >= 4 is 28.6 Å². The number of carbonyl (C=O) groups is 2. The summed E-state index contributed by atoms with van der Waals surface area (Å²) in [6, 6.07) is 12.8. The van der Waals surface area contributed by atoms with Crippen molar-refractivity contribution < 1.29 is 45.8 Å². The van der Waals surface area contributed by atoms with Gasteiger partial charge in [-0.25, -0.2) is 26.9 Å². The highest BCUT2D eigenvalue weighted by atomic mass is 19.3. The number of halogens is 5. The molecule has 6 rings (SSSR count). The molecule has 0 aliphatic heterocycles. The summed E-state index contributed by atoms with van der Waals surface area (Å²) in [7, 11) is 1.73. The molecular formula is C36H29F5N6O6. The second kappa shape index (κ2) is 14.2. The van der Waals surface area contributed by atoms with E-state index in [1.54, 1.807) is 50.8 Å². The number of ether oxygens (including phenoxy) is 3. The van der Waals surface area contributed by atoms with Gasteiger partial charge in [-0.2, -0.15) is 19.3 Å². The first-order chi connectivity index (χ1) is 25.1. The zero-order valence-corrected chi connectivity index (χ0v) is 28.3. The number of rotatable bonds is 9. The first kappa shape index (κ1) is 36.3. The van der Waals surface area contributed by atoms with Gasteiger partial charge in [-0.05, 0) is 75.4 Å². The van der Waals surface area contributed by atoms with Crippen LogP contribution in [0.3, 0.4) is 0 Å². The Hall–Kier alpha value is -6.52. The fraction of sp³-hybridized carbons (Fsp3) is 0.194. The third-order valence-electron chi connectivity index (χ3n) is 7.54. The Morgan fingerprint density at radius 1 is 0.887 bits per heavy atom. The normalized spacial score (nSPS) is 12.2. The lowest BCUT2D eigenvalue weighted by atomic mass is 10.1. The molecule has 6 aromatic rings. The van der Waals surface area contributed by atoms with Gasteiger partial charge >= 0.3 is 12.5 Å². The standard InChI is InChI=1S/C36H29F5N6O6/c1-36(2,3)53-35(50)46-18-20(17-43-46)25-15-27-19(16-42-45(27)4)13-29(25)51-28-11-7-22(14-26(28)38)44-33(48)24-10-12-30(52-32(41)31(39)40)47(34(24)49)23-8-5-21(37)6-9-23/h5-18,31-32H,1-4H3,(H,44,48). The molecule has 0 fully saturated rings. The lowest BCUT2D eigenvalue weighted by Gasteiger charge is -2.18. The minimum absolute atomic E-state index is 0.101. The van der Waals surface area contributed by atoms with Gasteiger partial charge in [-0.3, -0.25) is 14.3 Å². The summed E-state index contributed by atoms with van der Waals surface area (Å²) in [5.41, 5.74) is -1.09. The number of pyridine rings is 1. The van der Waals surface area contributed by atoms with Crippen LogP contribution in [0.2, 0.25) is 0 Å². The predicted octanol–water partition coefficient (Wildman–Crippen LogP) is 7.63. The van der Waals surface area contributed by atoms with E-state index in [9.17, 15) is 31.9 Å². The van der Waals surface area contributed by atoms with Gasteiger partial charge in [-0.1, -0.05) is 0 Å². The highest BCUT2D eigenvalue weighted by molar-refractivity contribution is 6.04. The van der Waals surface area contributed by atoms with Crippen molar-refractivity contribution in [3.05, 3.63) is 113 Å². The fourth-order valence-corrected chi connectivity index (χ4v) is 5.12. The maximum atomic E-state index is 15.6. The van der Waals surface area contributed by atoms with Crippen LogP contribution in [0.15, 0.2) is 90.1 Å². The molecule has 3 aromatic heterocycles. The lowest BCUT2D eigenvalue weighted by molar-refractivity contribution is -0.0701. The number of fused-ring (bicyclic) bond motifs is 1. The average Bonchev–Trinajstić information content (AvgIpc) is 3.72. The zero-order chi connectivity index (χ0) is 38.2. The number of carbonyl (C=O) groups excluding carboxylic acids is 2. The van der Waals surface area contributed by atoms with Crippen LogP contribution in [0.4, 0.5) is 32.4 Å². The van der Waals surface area contributed by atoms with Crippen LogP contribution >= 0.6 is 0 Å². The molecule has 3 aromatic carbocycles. The first-order valence-electron chi connectivity index (χ1n) is 15.7. The Bertz CT molecular complexity index is 2400. The van der Waals surface area contributed by atoms with Gasteiger partial charge in [0.15, 0.2) is 11.6 Å².